The van der Waals surface area contributed by atoms with Gasteiger partial charge in [-0.1, -0.05) is 19.3 Å². The first-order valence-corrected chi connectivity index (χ1v) is 7.78. The molecule has 1 saturated carbocycles. The zero-order chi connectivity index (χ0) is 12.0. The molecule has 0 N–H and O–H groups in total. The molecule has 2 fully saturated rings. The Morgan fingerprint density at radius 3 is 2.59 bits per heavy atom. The van der Waals surface area contributed by atoms with E-state index in [9.17, 15) is 0 Å². The highest BCUT2D eigenvalue weighted by molar-refractivity contribution is 7.80. The van der Waals surface area contributed by atoms with E-state index in [-0.39, 0.29) is 0 Å². The summed E-state index contributed by atoms with van der Waals surface area (Å²) in [6.45, 7) is 2.59. The van der Waals surface area contributed by atoms with Gasteiger partial charge in [0.2, 0.25) is 0 Å². The monoisotopic (exact) mass is 258 g/mol. The summed E-state index contributed by atoms with van der Waals surface area (Å²) < 4.78 is 11.6. The smallest absolute Gasteiger partial charge is 0.0808 e. The van der Waals surface area contributed by atoms with Crippen LogP contribution in [-0.4, -0.2) is 31.7 Å². The largest absolute Gasteiger partial charge is 0.378 e. The van der Waals surface area contributed by atoms with Crippen molar-refractivity contribution in [1.82, 2.24) is 0 Å². The second kappa shape index (κ2) is 7.01. The molecule has 0 aromatic heterocycles. The third kappa shape index (κ3) is 4.15. The maximum Gasteiger partial charge on any atom is 0.0808 e. The molecule has 1 heterocycles. The van der Waals surface area contributed by atoms with Crippen LogP contribution in [0.4, 0.5) is 0 Å². The van der Waals surface area contributed by atoms with E-state index >= 15 is 0 Å². The highest BCUT2D eigenvalue weighted by Gasteiger charge is 2.31. The van der Waals surface area contributed by atoms with E-state index in [1.165, 1.54) is 51.4 Å². The Morgan fingerprint density at radius 1 is 1.12 bits per heavy atom. The Labute approximate surface area is 111 Å². The molecule has 2 aliphatic rings. The second-order valence-corrected chi connectivity index (χ2v) is 6.04. The van der Waals surface area contributed by atoms with Gasteiger partial charge in [0.15, 0.2) is 0 Å². The molecular weight excluding hydrogens is 232 g/mol. The summed E-state index contributed by atoms with van der Waals surface area (Å²) in [6.07, 6.45) is 10.7. The topological polar surface area (TPSA) is 18.5 Å². The van der Waals surface area contributed by atoms with Crippen molar-refractivity contribution in [2.75, 3.05) is 25.6 Å². The molecule has 0 aromatic rings. The van der Waals surface area contributed by atoms with Crippen LogP contribution in [0.3, 0.4) is 0 Å². The van der Waals surface area contributed by atoms with Crippen molar-refractivity contribution in [2.45, 2.75) is 57.5 Å². The predicted molar refractivity (Wildman–Crippen MR) is 73.8 cm³/mol. The summed E-state index contributed by atoms with van der Waals surface area (Å²) in [5.74, 6) is 0.971. The first kappa shape index (κ1) is 13.7. The zero-order valence-electron chi connectivity index (χ0n) is 10.8. The maximum absolute atomic E-state index is 5.93. The first-order valence-electron chi connectivity index (χ1n) is 7.15. The molecule has 1 atom stereocenters. The predicted octanol–water partition coefficient (Wildman–Crippen LogP) is 3.45. The standard InChI is InChI=1S/C14H26O2S/c17-12-14(7-3-1-4-8-14)11-15-10-13-6-2-5-9-16-13/h13,17H,1-12H2. The zero-order valence-corrected chi connectivity index (χ0v) is 11.7. The van der Waals surface area contributed by atoms with Gasteiger partial charge in [-0.05, 0) is 37.9 Å². The van der Waals surface area contributed by atoms with Crippen molar-refractivity contribution in [3.05, 3.63) is 0 Å². The van der Waals surface area contributed by atoms with Crippen LogP contribution >= 0.6 is 12.6 Å². The second-order valence-electron chi connectivity index (χ2n) is 5.72. The van der Waals surface area contributed by atoms with E-state index in [4.69, 9.17) is 9.47 Å². The lowest BCUT2D eigenvalue weighted by Gasteiger charge is -2.36. The summed E-state index contributed by atoms with van der Waals surface area (Å²) in [5, 5.41) is 0. The Kier molecular flexibility index (Phi) is 5.64. The summed E-state index contributed by atoms with van der Waals surface area (Å²) in [6, 6.07) is 0. The fraction of sp³-hybridized carbons (Fsp3) is 1.00. The van der Waals surface area contributed by atoms with Gasteiger partial charge in [-0.15, -0.1) is 0 Å². The van der Waals surface area contributed by atoms with E-state index in [1.54, 1.807) is 0 Å². The normalized spacial score (nSPS) is 29.1. The Hall–Kier alpha value is 0.270. The Bertz CT molecular complexity index is 208. The molecule has 0 amide bonds. The van der Waals surface area contributed by atoms with E-state index in [1.807, 2.05) is 0 Å². The molecule has 1 aliphatic heterocycles. The first-order chi connectivity index (χ1) is 8.35. The van der Waals surface area contributed by atoms with Gasteiger partial charge in [0.25, 0.3) is 0 Å². The molecule has 0 bridgehead atoms. The third-order valence-corrected chi connectivity index (χ3v) is 4.91. The minimum absolute atomic E-state index is 0.351. The third-order valence-electron chi connectivity index (χ3n) is 4.24. The van der Waals surface area contributed by atoms with Crippen LogP contribution in [0.15, 0.2) is 0 Å². The van der Waals surface area contributed by atoms with Crippen molar-refractivity contribution in [3.8, 4) is 0 Å². The minimum Gasteiger partial charge on any atom is -0.378 e. The van der Waals surface area contributed by atoms with Gasteiger partial charge in [-0.2, -0.15) is 12.6 Å². The van der Waals surface area contributed by atoms with Crippen LogP contribution in [0.2, 0.25) is 0 Å². The highest BCUT2D eigenvalue weighted by atomic mass is 32.1. The number of thiol groups is 1. The van der Waals surface area contributed by atoms with Crippen LogP contribution in [0.5, 0.6) is 0 Å². The van der Waals surface area contributed by atoms with Crippen LogP contribution in [0.1, 0.15) is 51.4 Å². The summed E-state index contributed by atoms with van der Waals surface area (Å²) >= 11 is 4.54. The lowest BCUT2D eigenvalue weighted by Crippen LogP contribution is -2.34. The number of rotatable bonds is 5. The Morgan fingerprint density at radius 2 is 1.94 bits per heavy atom. The summed E-state index contributed by atoms with van der Waals surface area (Å²) in [7, 11) is 0. The van der Waals surface area contributed by atoms with E-state index in [0.29, 0.717) is 11.5 Å². The van der Waals surface area contributed by atoms with Gasteiger partial charge in [0.1, 0.15) is 0 Å². The van der Waals surface area contributed by atoms with Gasteiger partial charge in [0, 0.05) is 12.0 Å². The van der Waals surface area contributed by atoms with Crippen LogP contribution in [0.25, 0.3) is 0 Å². The lowest BCUT2D eigenvalue weighted by atomic mass is 9.76. The lowest BCUT2D eigenvalue weighted by molar-refractivity contribution is -0.0605. The van der Waals surface area contributed by atoms with Gasteiger partial charge in [-0.3, -0.25) is 0 Å². The van der Waals surface area contributed by atoms with Crippen molar-refractivity contribution in [1.29, 1.82) is 0 Å². The number of hydrogen-bond donors (Lipinski definition) is 1. The van der Waals surface area contributed by atoms with Gasteiger partial charge in [0.05, 0.1) is 19.3 Å². The molecule has 2 rings (SSSR count). The molecule has 1 aliphatic carbocycles. The minimum atomic E-state index is 0.351. The molecule has 1 saturated heterocycles. The van der Waals surface area contributed by atoms with Crippen molar-refractivity contribution in [3.63, 3.8) is 0 Å². The molecule has 17 heavy (non-hydrogen) atoms. The summed E-state index contributed by atoms with van der Waals surface area (Å²) in [5.41, 5.74) is 0.357. The van der Waals surface area contributed by atoms with Gasteiger partial charge >= 0.3 is 0 Å². The van der Waals surface area contributed by atoms with Gasteiger partial charge in [-0.25, -0.2) is 0 Å². The highest BCUT2D eigenvalue weighted by Crippen LogP contribution is 2.37. The SMILES string of the molecule is SCC1(COCC2CCCCO2)CCCCC1. The average Bonchev–Trinajstić information content (AvgIpc) is 2.41. The van der Waals surface area contributed by atoms with Gasteiger partial charge < -0.3 is 9.47 Å². The van der Waals surface area contributed by atoms with Crippen LogP contribution in [0, 0.1) is 5.41 Å². The van der Waals surface area contributed by atoms with Crippen LogP contribution in [-0.2, 0) is 9.47 Å². The molecular formula is C14H26O2S. The Balaban J connectivity index is 1.68. The molecule has 1 unspecified atom stereocenters. The molecule has 0 spiro atoms. The van der Waals surface area contributed by atoms with E-state index in [2.05, 4.69) is 12.6 Å². The molecule has 100 valence electrons. The molecule has 2 nitrogen and oxygen atoms in total. The molecule has 3 heteroatoms. The van der Waals surface area contributed by atoms with E-state index < -0.39 is 0 Å². The molecule has 0 radical (unpaired) electrons. The maximum atomic E-state index is 5.93. The average molecular weight is 258 g/mol. The van der Waals surface area contributed by atoms with Crippen molar-refractivity contribution < 1.29 is 9.47 Å². The number of ether oxygens (including phenoxy) is 2. The fourth-order valence-corrected chi connectivity index (χ4v) is 3.40. The number of hydrogen-bond acceptors (Lipinski definition) is 3. The van der Waals surface area contributed by atoms with Crippen molar-refractivity contribution >= 4 is 12.6 Å². The van der Waals surface area contributed by atoms with Crippen LogP contribution < -0.4 is 0 Å². The molecule has 0 aromatic carbocycles. The summed E-state index contributed by atoms with van der Waals surface area (Å²) in [4.78, 5) is 0. The van der Waals surface area contributed by atoms with Crippen molar-refractivity contribution in [2.24, 2.45) is 5.41 Å². The van der Waals surface area contributed by atoms with E-state index in [0.717, 1.165) is 25.6 Å². The quantitative estimate of drug-likeness (QED) is 0.761. The fourth-order valence-electron chi connectivity index (χ4n) is 3.00.